The summed E-state index contributed by atoms with van der Waals surface area (Å²) in [4.78, 5) is 4.32. The maximum Gasteiger partial charge on any atom is 0.221 e. The highest BCUT2D eigenvalue weighted by Crippen LogP contribution is 2.44. The van der Waals surface area contributed by atoms with Crippen molar-refractivity contribution in [3.63, 3.8) is 0 Å². The number of hydrogen-bond donors (Lipinski definition) is 0. The molecule has 4 heteroatoms. The molecule has 0 N–H and O–H groups in total. The Morgan fingerprint density at radius 1 is 1.05 bits per heavy atom. The smallest absolute Gasteiger partial charge is 0.221 e. The van der Waals surface area contributed by atoms with E-state index >= 15 is 0 Å². The van der Waals surface area contributed by atoms with Crippen LogP contribution in [0, 0.1) is 0 Å². The van der Waals surface area contributed by atoms with Crippen LogP contribution < -0.4 is 4.74 Å². The molecule has 2 fully saturated rings. The van der Waals surface area contributed by atoms with Crippen molar-refractivity contribution >= 4 is 6.08 Å². The maximum atomic E-state index is 6.15. The zero-order valence-electron chi connectivity index (χ0n) is 10.8. The van der Waals surface area contributed by atoms with Gasteiger partial charge in [0.1, 0.15) is 5.60 Å². The summed E-state index contributed by atoms with van der Waals surface area (Å²) in [7, 11) is 0. The third-order valence-electron chi connectivity index (χ3n) is 4.34. The number of pyridine rings is 1. The topological polar surface area (TPSA) is 40.6 Å². The van der Waals surface area contributed by atoms with Crippen molar-refractivity contribution < 1.29 is 14.2 Å². The van der Waals surface area contributed by atoms with Crippen molar-refractivity contribution in [3.05, 3.63) is 30.0 Å². The van der Waals surface area contributed by atoms with Crippen LogP contribution in [0.4, 0.5) is 0 Å². The summed E-state index contributed by atoms with van der Waals surface area (Å²) >= 11 is 0. The number of hydrogen-bond acceptors (Lipinski definition) is 4. The van der Waals surface area contributed by atoms with Gasteiger partial charge in [0.25, 0.3) is 0 Å². The lowest BCUT2D eigenvalue weighted by molar-refractivity contribution is -0.193. The fraction of sp³-hybridized carbons (Fsp3) is 0.533. The Labute approximate surface area is 112 Å². The predicted molar refractivity (Wildman–Crippen MR) is 69.7 cm³/mol. The van der Waals surface area contributed by atoms with Crippen LogP contribution in [0.25, 0.3) is 6.08 Å². The summed E-state index contributed by atoms with van der Waals surface area (Å²) in [5.74, 6) is 0.404. The molecule has 0 bridgehead atoms. The average molecular weight is 259 g/mol. The Bertz CT molecular complexity index is 510. The van der Waals surface area contributed by atoms with Crippen LogP contribution in [0.5, 0.6) is 5.88 Å². The summed E-state index contributed by atoms with van der Waals surface area (Å²) in [6.45, 7) is 1.43. The summed E-state index contributed by atoms with van der Waals surface area (Å²) < 4.78 is 17.7. The van der Waals surface area contributed by atoms with Gasteiger partial charge in [-0.3, -0.25) is 0 Å². The fourth-order valence-electron chi connectivity index (χ4n) is 3.19. The van der Waals surface area contributed by atoms with Crippen LogP contribution in [0.3, 0.4) is 0 Å². The average Bonchev–Trinajstić information content (AvgIpc) is 2.92. The van der Waals surface area contributed by atoms with E-state index in [0.29, 0.717) is 13.2 Å². The van der Waals surface area contributed by atoms with Crippen molar-refractivity contribution in [1.82, 2.24) is 4.98 Å². The van der Waals surface area contributed by atoms with E-state index in [1.807, 2.05) is 12.1 Å². The van der Waals surface area contributed by atoms with Crippen LogP contribution in [0.15, 0.2) is 24.4 Å². The SMILES string of the molecule is C1=CC2(CCC3(CC2)OCCO3)Oc2ncccc21. The Hall–Kier alpha value is -1.39. The number of fused-ring (bicyclic) bond motifs is 1. The summed E-state index contributed by atoms with van der Waals surface area (Å²) in [5, 5.41) is 0. The Morgan fingerprint density at radius 3 is 2.63 bits per heavy atom. The molecule has 0 radical (unpaired) electrons. The van der Waals surface area contributed by atoms with Gasteiger partial charge in [-0.1, -0.05) is 0 Å². The van der Waals surface area contributed by atoms with E-state index in [0.717, 1.165) is 37.1 Å². The third-order valence-corrected chi connectivity index (χ3v) is 4.34. The molecule has 0 aromatic carbocycles. The highest BCUT2D eigenvalue weighted by Gasteiger charge is 2.47. The quantitative estimate of drug-likeness (QED) is 0.718. The first-order chi connectivity index (χ1) is 9.29. The van der Waals surface area contributed by atoms with Crippen LogP contribution >= 0.6 is 0 Å². The van der Waals surface area contributed by atoms with Crippen molar-refractivity contribution in [2.75, 3.05) is 13.2 Å². The van der Waals surface area contributed by atoms with Gasteiger partial charge in [0.2, 0.25) is 5.88 Å². The largest absolute Gasteiger partial charge is 0.466 e. The van der Waals surface area contributed by atoms with Crippen molar-refractivity contribution in [1.29, 1.82) is 0 Å². The van der Waals surface area contributed by atoms with E-state index in [1.54, 1.807) is 6.20 Å². The molecule has 1 aromatic heterocycles. The van der Waals surface area contributed by atoms with E-state index in [9.17, 15) is 0 Å². The molecule has 100 valence electrons. The van der Waals surface area contributed by atoms with Gasteiger partial charge in [0.15, 0.2) is 5.79 Å². The minimum Gasteiger partial charge on any atom is -0.466 e. The Balaban J connectivity index is 1.55. The molecular weight excluding hydrogens is 242 g/mol. The second kappa shape index (κ2) is 4.05. The summed E-state index contributed by atoms with van der Waals surface area (Å²) in [6, 6.07) is 3.96. The third kappa shape index (κ3) is 1.86. The molecule has 1 aliphatic carbocycles. The van der Waals surface area contributed by atoms with Crippen LogP contribution in [0.2, 0.25) is 0 Å². The Kier molecular flexibility index (Phi) is 2.44. The molecule has 0 amide bonds. The molecule has 1 saturated heterocycles. The monoisotopic (exact) mass is 259 g/mol. The molecule has 3 heterocycles. The molecule has 4 rings (SSSR count). The van der Waals surface area contributed by atoms with Crippen molar-refractivity contribution in [2.45, 2.75) is 37.1 Å². The zero-order chi connectivity index (χ0) is 12.8. The standard InChI is InChI=1S/C15H17NO3/c1-2-12-3-4-14(19-13(12)16-9-1)5-7-15(8-6-14)17-10-11-18-15/h1-4,9H,5-8,10-11H2. The van der Waals surface area contributed by atoms with Crippen LogP contribution in [-0.2, 0) is 9.47 Å². The van der Waals surface area contributed by atoms with Crippen molar-refractivity contribution in [3.8, 4) is 5.88 Å². The maximum absolute atomic E-state index is 6.15. The second-order valence-corrected chi connectivity index (χ2v) is 5.51. The first kappa shape index (κ1) is 11.4. The Morgan fingerprint density at radius 2 is 1.84 bits per heavy atom. The van der Waals surface area contributed by atoms with Crippen molar-refractivity contribution in [2.24, 2.45) is 0 Å². The highest BCUT2D eigenvalue weighted by molar-refractivity contribution is 5.58. The van der Waals surface area contributed by atoms with E-state index in [-0.39, 0.29) is 11.4 Å². The molecule has 1 aromatic rings. The molecule has 0 unspecified atom stereocenters. The van der Waals surface area contributed by atoms with Gasteiger partial charge < -0.3 is 14.2 Å². The molecule has 3 aliphatic rings. The van der Waals surface area contributed by atoms with Gasteiger partial charge in [-0.2, -0.15) is 0 Å². The molecule has 1 saturated carbocycles. The van der Waals surface area contributed by atoms with Crippen LogP contribution in [0.1, 0.15) is 31.2 Å². The van der Waals surface area contributed by atoms with Gasteiger partial charge in [-0.25, -0.2) is 4.98 Å². The minimum absolute atomic E-state index is 0.220. The zero-order valence-corrected chi connectivity index (χ0v) is 10.8. The fourth-order valence-corrected chi connectivity index (χ4v) is 3.19. The summed E-state index contributed by atoms with van der Waals surface area (Å²) in [5.41, 5.74) is 0.837. The molecule has 2 spiro atoms. The molecule has 0 atom stereocenters. The first-order valence-electron chi connectivity index (χ1n) is 6.91. The van der Waals surface area contributed by atoms with E-state index in [4.69, 9.17) is 14.2 Å². The summed E-state index contributed by atoms with van der Waals surface area (Å²) in [6.07, 6.45) is 9.69. The molecular formula is C15H17NO3. The number of nitrogens with zero attached hydrogens (tertiary/aromatic N) is 1. The highest BCUT2D eigenvalue weighted by atomic mass is 16.7. The normalized spacial score (nSPS) is 26.3. The van der Waals surface area contributed by atoms with E-state index in [1.165, 1.54) is 0 Å². The van der Waals surface area contributed by atoms with Gasteiger partial charge in [0.05, 0.1) is 13.2 Å². The lowest BCUT2D eigenvalue weighted by Gasteiger charge is -2.43. The number of ether oxygens (including phenoxy) is 3. The van der Waals surface area contributed by atoms with Gasteiger partial charge >= 0.3 is 0 Å². The molecule has 2 aliphatic heterocycles. The van der Waals surface area contributed by atoms with Gasteiger partial charge in [-0.15, -0.1) is 0 Å². The molecule has 19 heavy (non-hydrogen) atoms. The lowest BCUT2D eigenvalue weighted by atomic mass is 9.80. The second-order valence-electron chi connectivity index (χ2n) is 5.51. The first-order valence-corrected chi connectivity index (χ1v) is 6.91. The minimum atomic E-state index is -0.340. The predicted octanol–water partition coefficient (Wildman–Crippen LogP) is 2.54. The van der Waals surface area contributed by atoms with E-state index < -0.39 is 0 Å². The van der Waals surface area contributed by atoms with Crippen LogP contribution in [-0.4, -0.2) is 29.6 Å². The number of aromatic nitrogens is 1. The van der Waals surface area contributed by atoms with Gasteiger partial charge in [-0.05, 0) is 37.1 Å². The lowest BCUT2D eigenvalue weighted by Crippen LogP contribution is -2.46. The van der Waals surface area contributed by atoms with Gasteiger partial charge in [0, 0.05) is 24.6 Å². The molecule has 4 nitrogen and oxygen atoms in total. The van der Waals surface area contributed by atoms with E-state index in [2.05, 4.69) is 17.1 Å². The number of rotatable bonds is 0.